The van der Waals surface area contributed by atoms with E-state index in [1.165, 1.54) is 12.8 Å². The molecule has 1 aliphatic carbocycles. The number of nitrogens with zero attached hydrogens (tertiary/aromatic N) is 1. The third-order valence-corrected chi connectivity index (χ3v) is 5.40. The van der Waals surface area contributed by atoms with Gasteiger partial charge in [0.15, 0.2) is 0 Å². The predicted octanol–water partition coefficient (Wildman–Crippen LogP) is 3.16. The van der Waals surface area contributed by atoms with E-state index in [9.17, 15) is 4.79 Å². The van der Waals surface area contributed by atoms with Crippen molar-refractivity contribution in [2.75, 3.05) is 0 Å². The summed E-state index contributed by atoms with van der Waals surface area (Å²) in [5.41, 5.74) is 2.75. The third kappa shape index (κ3) is 2.32. The lowest BCUT2D eigenvalue weighted by atomic mass is 9.95. The Morgan fingerprint density at radius 3 is 2.78 bits per heavy atom. The molecule has 1 aromatic carbocycles. The summed E-state index contributed by atoms with van der Waals surface area (Å²) in [4.78, 5) is 17.6. The van der Waals surface area contributed by atoms with Gasteiger partial charge < -0.3 is 10.1 Å². The summed E-state index contributed by atoms with van der Waals surface area (Å²) in [5.74, 6) is 0.559. The Bertz CT molecular complexity index is 784. The summed E-state index contributed by atoms with van der Waals surface area (Å²) in [6.45, 7) is 0. The summed E-state index contributed by atoms with van der Waals surface area (Å²) < 4.78 is 5.85. The molecule has 2 saturated heterocycles. The lowest BCUT2D eigenvalue weighted by molar-refractivity contribution is 0.0842. The number of hydrogen-bond donors (Lipinski definition) is 1. The molecule has 118 valence electrons. The highest BCUT2D eigenvalue weighted by Gasteiger charge is 2.41. The smallest absolute Gasteiger partial charge is 0.252 e. The van der Waals surface area contributed by atoms with Crippen molar-refractivity contribution in [2.24, 2.45) is 0 Å². The zero-order valence-electron chi connectivity index (χ0n) is 13.0. The highest BCUT2D eigenvalue weighted by molar-refractivity contribution is 6.06. The van der Waals surface area contributed by atoms with E-state index in [0.717, 1.165) is 41.4 Å². The Balaban J connectivity index is 1.49. The van der Waals surface area contributed by atoms with Gasteiger partial charge in [-0.05, 0) is 44.2 Å². The number of hydrogen-bond acceptors (Lipinski definition) is 3. The number of amides is 1. The van der Waals surface area contributed by atoms with Crippen molar-refractivity contribution in [3.63, 3.8) is 0 Å². The van der Waals surface area contributed by atoms with Gasteiger partial charge in [-0.3, -0.25) is 9.78 Å². The van der Waals surface area contributed by atoms with Gasteiger partial charge in [0.2, 0.25) is 0 Å². The first-order chi connectivity index (χ1) is 11.3. The molecule has 0 spiro atoms. The Labute approximate surface area is 135 Å². The molecule has 2 aromatic rings. The van der Waals surface area contributed by atoms with Crippen LogP contribution in [0.25, 0.3) is 10.9 Å². The number of rotatable bonds is 3. The molecule has 1 N–H and O–H groups in total. The van der Waals surface area contributed by atoms with E-state index < -0.39 is 0 Å². The van der Waals surface area contributed by atoms with Crippen molar-refractivity contribution in [1.29, 1.82) is 0 Å². The van der Waals surface area contributed by atoms with Gasteiger partial charge in [-0.2, -0.15) is 0 Å². The lowest BCUT2D eigenvalue weighted by Crippen LogP contribution is -2.41. The van der Waals surface area contributed by atoms with Crippen LogP contribution in [-0.4, -0.2) is 29.1 Å². The van der Waals surface area contributed by atoms with Crippen LogP contribution < -0.4 is 5.32 Å². The number of nitrogens with one attached hydrogen (secondary N) is 1. The molecule has 0 radical (unpaired) electrons. The fourth-order valence-electron chi connectivity index (χ4n) is 4.01. The van der Waals surface area contributed by atoms with Crippen LogP contribution in [0.15, 0.2) is 30.3 Å². The Kier molecular flexibility index (Phi) is 2.95. The minimum atomic E-state index is 0.0200. The first kappa shape index (κ1) is 13.5. The third-order valence-electron chi connectivity index (χ3n) is 5.40. The highest BCUT2D eigenvalue weighted by Crippen LogP contribution is 2.40. The Hall–Kier alpha value is -1.94. The van der Waals surface area contributed by atoms with E-state index in [1.54, 1.807) is 0 Å². The Morgan fingerprint density at radius 1 is 1.17 bits per heavy atom. The van der Waals surface area contributed by atoms with Crippen LogP contribution in [-0.2, 0) is 4.74 Å². The number of pyridine rings is 1. The summed E-state index contributed by atoms with van der Waals surface area (Å²) in [7, 11) is 0. The van der Waals surface area contributed by atoms with E-state index in [0.29, 0.717) is 12.0 Å². The van der Waals surface area contributed by atoms with Crippen molar-refractivity contribution in [1.82, 2.24) is 10.3 Å². The zero-order chi connectivity index (χ0) is 15.4. The molecule has 3 aliphatic rings. The van der Waals surface area contributed by atoms with Gasteiger partial charge in [0.05, 0.1) is 29.3 Å². The van der Waals surface area contributed by atoms with E-state index in [2.05, 4.69) is 5.32 Å². The first-order valence-electron chi connectivity index (χ1n) is 8.64. The molecule has 1 amide bonds. The standard InChI is InChI=1S/C19H20N2O2/c22-19(21-17-9-12-7-8-18(17)23-12)14-10-16(11-5-6-11)20-15-4-2-1-3-13(14)15/h1-4,10-12,17-18H,5-9H2,(H,21,22). The van der Waals surface area contributed by atoms with Crippen LogP contribution in [0.3, 0.4) is 0 Å². The number of para-hydroxylation sites is 1. The van der Waals surface area contributed by atoms with Crippen molar-refractivity contribution < 1.29 is 9.53 Å². The van der Waals surface area contributed by atoms with Crippen LogP contribution in [0.2, 0.25) is 0 Å². The molecule has 3 atom stereocenters. The minimum absolute atomic E-state index is 0.0200. The summed E-state index contributed by atoms with van der Waals surface area (Å²) in [6, 6.07) is 10.1. The molecule has 1 aromatic heterocycles. The maximum atomic E-state index is 12.9. The van der Waals surface area contributed by atoms with E-state index in [-0.39, 0.29) is 18.1 Å². The van der Waals surface area contributed by atoms with E-state index >= 15 is 0 Å². The number of aromatic nitrogens is 1. The summed E-state index contributed by atoms with van der Waals surface area (Å²) in [6.07, 6.45) is 6.09. The number of fused-ring (bicyclic) bond motifs is 3. The quantitative estimate of drug-likeness (QED) is 0.947. The van der Waals surface area contributed by atoms with E-state index in [1.807, 2.05) is 30.3 Å². The van der Waals surface area contributed by atoms with Gasteiger partial charge in [0.1, 0.15) is 0 Å². The lowest BCUT2D eigenvalue weighted by Gasteiger charge is -2.20. The minimum Gasteiger partial charge on any atom is -0.373 e. The molecule has 2 bridgehead atoms. The van der Waals surface area contributed by atoms with Gasteiger partial charge in [0, 0.05) is 17.0 Å². The second kappa shape index (κ2) is 5.03. The molecule has 23 heavy (non-hydrogen) atoms. The molecule has 4 nitrogen and oxygen atoms in total. The van der Waals surface area contributed by atoms with Gasteiger partial charge in [-0.1, -0.05) is 18.2 Å². The van der Waals surface area contributed by atoms with Gasteiger partial charge in [-0.15, -0.1) is 0 Å². The highest BCUT2D eigenvalue weighted by atomic mass is 16.5. The molecular formula is C19H20N2O2. The zero-order valence-corrected chi connectivity index (χ0v) is 13.0. The number of carbonyl (C=O) groups is 1. The second-order valence-corrected chi connectivity index (χ2v) is 7.08. The normalized spacial score (nSPS) is 29.1. The topological polar surface area (TPSA) is 51.2 Å². The van der Waals surface area contributed by atoms with Crippen LogP contribution in [0.4, 0.5) is 0 Å². The molecule has 3 fully saturated rings. The molecule has 3 heterocycles. The maximum absolute atomic E-state index is 12.9. The van der Waals surface area contributed by atoms with Gasteiger partial charge in [0.25, 0.3) is 5.91 Å². The van der Waals surface area contributed by atoms with Gasteiger partial charge in [-0.25, -0.2) is 0 Å². The van der Waals surface area contributed by atoms with E-state index in [4.69, 9.17) is 9.72 Å². The summed E-state index contributed by atoms with van der Waals surface area (Å²) >= 11 is 0. The molecule has 1 saturated carbocycles. The van der Waals surface area contributed by atoms with Crippen LogP contribution >= 0.6 is 0 Å². The largest absolute Gasteiger partial charge is 0.373 e. The predicted molar refractivity (Wildman–Crippen MR) is 87.5 cm³/mol. The van der Waals surface area contributed by atoms with Crippen molar-refractivity contribution in [3.8, 4) is 0 Å². The monoisotopic (exact) mass is 308 g/mol. The average molecular weight is 308 g/mol. The van der Waals surface area contributed by atoms with Crippen LogP contribution in [0.1, 0.15) is 54.1 Å². The average Bonchev–Trinajstić information content (AvgIpc) is 3.23. The fourth-order valence-corrected chi connectivity index (χ4v) is 4.01. The SMILES string of the molecule is O=C(NC1CC2CCC1O2)c1cc(C2CC2)nc2ccccc12. The fraction of sp³-hybridized carbons (Fsp3) is 0.474. The first-order valence-corrected chi connectivity index (χ1v) is 8.64. The second-order valence-electron chi connectivity index (χ2n) is 7.08. The molecule has 2 aliphatic heterocycles. The van der Waals surface area contributed by atoms with Crippen molar-refractivity contribution in [2.45, 2.75) is 56.3 Å². The number of carbonyl (C=O) groups excluding carboxylic acids is 1. The Morgan fingerprint density at radius 2 is 2.04 bits per heavy atom. The maximum Gasteiger partial charge on any atom is 0.252 e. The number of ether oxygens (including phenoxy) is 1. The molecule has 4 heteroatoms. The van der Waals surface area contributed by atoms with Crippen LogP contribution in [0.5, 0.6) is 0 Å². The van der Waals surface area contributed by atoms with Crippen molar-refractivity contribution >= 4 is 16.8 Å². The van der Waals surface area contributed by atoms with Crippen molar-refractivity contribution in [3.05, 3.63) is 41.6 Å². The van der Waals surface area contributed by atoms with Gasteiger partial charge >= 0.3 is 0 Å². The molecule has 3 unspecified atom stereocenters. The molecular weight excluding hydrogens is 288 g/mol. The molecule has 5 rings (SSSR count). The number of benzene rings is 1. The summed E-state index contributed by atoms with van der Waals surface area (Å²) in [5, 5.41) is 4.16. The van der Waals surface area contributed by atoms with Crippen LogP contribution in [0, 0.1) is 0 Å².